The van der Waals surface area contributed by atoms with Gasteiger partial charge in [0.05, 0.1) is 0 Å². The number of aryl methyl sites for hydroxylation is 1. The maximum absolute atomic E-state index is 13.1. The van der Waals surface area contributed by atoms with Crippen LogP contribution in [0.25, 0.3) is 11.4 Å². The van der Waals surface area contributed by atoms with Crippen molar-refractivity contribution in [3.05, 3.63) is 52.7 Å². The number of nitrogens with one attached hydrogen (secondary N) is 1. The number of carbonyl (C=O) groups excluding carboxylic acids is 1. The summed E-state index contributed by atoms with van der Waals surface area (Å²) in [5, 5.41) is 8.73. The van der Waals surface area contributed by atoms with Crippen molar-refractivity contribution < 1.29 is 17.7 Å². The minimum absolute atomic E-state index is 0.0189. The normalized spacial score (nSPS) is 17.8. The van der Waals surface area contributed by atoms with E-state index in [1.165, 1.54) is 9.87 Å². The Hall–Kier alpha value is -2.56. The highest BCUT2D eigenvalue weighted by molar-refractivity contribution is 7.91. The molecule has 1 N–H and O–H groups in total. The number of thiophene rings is 1. The Balaban J connectivity index is 1.17. The number of hydrogen-bond donors (Lipinski definition) is 1. The van der Waals surface area contributed by atoms with Crippen molar-refractivity contribution in [2.45, 2.75) is 49.3 Å². The Bertz CT molecular complexity index is 1240. The molecule has 0 bridgehead atoms. The van der Waals surface area contributed by atoms with Gasteiger partial charge < -0.3 is 9.84 Å². The first kappa shape index (κ1) is 22.2. The summed E-state index contributed by atoms with van der Waals surface area (Å²) < 4.78 is 33.3. The lowest BCUT2D eigenvalue weighted by atomic mass is 9.97. The fraction of sp³-hybridized carbons (Fsp3) is 0.435. The maximum Gasteiger partial charge on any atom is 0.252 e. The van der Waals surface area contributed by atoms with Crippen LogP contribution in [0.2, 0.25) is 0 Å². The summed E-state index contributed by atoms with van der Waals surface area (Å²) in [5.74, 6) is 1.21. The molecule has 8 nitrogen and oxygen atoms in total. The highest BCUT2D eigenvalue weighted by Gasteiger charge is 2.34. The van der Waals surface area contributed by atoms with E-state index in [1.807, 2.05) is 31.2 Å². The van der Waals surface area contributed by atoms with Crippen molar-refractivity contribution in [1.29, 1.82) is 0 Å². The van der Waals surface area contributed by atoms with Crippen LogP contribution in [0.5, 0.6) is 0 Å². The van der Waals surface area contributed by atoms with Crippen molar-refractivity contribution in [1.82, 2.24) is 19.8 Å². The number of carbonyl (C=O) groups is 1. The molecular formula is C23H26N4O4S2. The highest BCUT2D eigenvalue weighted by atomic mass is 32.2. The number of hydrogen-bond acceptors (Lipinski definition) is 7. The summed E-state index contributed by atoms with van der Waals surface area (Å²) >= 11 is 1.16. The Kier molecular flexibility index (Phi) is 6.07. The molecule has 0 atom stereocenters. The van der Waals surface area contributed by atoms with E-state index in [4.69, 9.17) is 4.52 Å². The number of sulfonamides is 1. The van der Waals surface area contributed by atoms with Gasteiger partial charge in [-0.15, -0.1) is 11.3 Å². The van der Waals surface area contributed by atoms with Gasteiger partial charge >= 0.3 is 0 Å². The molecule has 3 aromatic rings. The number of benzene rings is 1. The molecule has 2 aromatic heterocycles. The lowest BCUT2D eigenvalue weighted by Crippen LogP contribution is -2.42. The van der Waals surface area contributed by atoms with E-state index in [2.05, 4.69) is 15.5 Å². The predicted molar refractivity (Wildman–Crippen MR) is 124 cm³/mol. The molecule has 2 aliphatic rings. The van der Waals surface area contributed by atoms with Crippen LogP contribution in [0.4, 0.5) is 0 Å². The topological polar surface area (TPSA) is 105 Å². The van der Waals surface area contributed by atoms with Crippen LogP contribution in [-0.4, -0.2) is 41.9 Å². The van der Waals surface area contributed by atoms with Crippen LogP contribution >= 0.6 is 11.3 Å². The fourth-order valence-electron chi connectivity index (χ4n) is 3.94. The molecule has 2 fully saturated rings. The number of rotatable bonds is 7. The Morgan fingerprint density at radius 3 is 2.61 bits per heavy atom. The summed E-state index contributed by atoms with van der Waals surface area (Å²) in [6.07, 6.45) is 3.13. The Morgan fingerprint density at radius 1 is 1.18 bits per heavy atom. The third kappa shape index (κ3) is 4.87. The van der Waals surface area contributed by atoms with E-state index in [0.29, 0.717) is 55.7 Å². The summed E-state index contributed by atoms with van der Waals surface area (Å²) in [7, 11) is -3.62. The van der Waals surface area contributed by atoms with Gasteiger partial charge in [0, 0.05) is 42.4 Å². The lowest BCUT2D eigenvalue weighted by Gasteiger charge is -2.30. The van der Waals surface area contributed by atoms with Crippen LogP contribution in [0.15, 0.2) is 44.4 Å². The predicted octanol–water partition coefficient (Wildman–Crippen LogP) is 3.70. The second-order valence-electron chi connectivity index (χ2n) is 8.77. The molecule has 1 aliphatic carbocycles. The molecule has 1 saturated carbocycles. The molecule has 3 heterocycles. The van der Waals surface area contributed by atoms with Crippen molar-refractivity contribution in [3.63, 3.8) is 0 Å². The smallest absolute Gasteiger partial charge is 0.252 e. The minimum Gasteiger partial charge on any atom is -0.352 e. The Morgan fingerprint density at radius 2 is 1.91 bits per heavy atom. The van der Waals surface area contributed by atoms with E-state index in [1.54, 1.807) is 11.4 Å². The standard InChI is InChI=1S/C23H26N4O4S2/c1-15-2-4-16(5-3-15)13-24-22(28)17-8-10-27(11-9-17)33(29,30)20-12-19(14-32-20)21-25-23(31-26-21)18-6-7-18/h2-5,12,14,17-18H,6-11,13H2,1H3,(H,24,28). The lowest BCUT2D eigenvalue weighted by molar-refractivity contribution is -0.126. The third-order valence-corrected chi connectivity index (χ3v) is 9.52. The monoisotopic (exact) mass is 486 g/mol. The largest absolute Gasteiger partial charge is 0.352 e. The first-order valence-electron chi connectivity index (χ1n) is 11.2. The molecule has 1 saturated heterocycles. The minimum atomic E-state index is -3.62. The van der Waals surface area contributed by atoms with Gasteiger partial charge in [0.25, 0.3) is 10.0 Å². The molecular weight excluding hydrogens is 460 g/mol. The molecule has 0 radical (unpaired) electrons. The van der Waals surface area contributed by atoms with Crippen molar-refractivity contribution >= 4 is 27.3 Å². The summed E-state index contributed by atoms with van der Waals surface area (Å²) in [6, 6.07) is 9.65. The van der Waals surface area contributed by atoms with Crippen LogP contribution in [0, 0.1) is 12.8 Å². The zero-order valence-corrected chi connectivity index (χ0v) is 20.0. The van der Waals surface area contributed by atoms with Gasteiger partial charge in [-0.3, -0.25) is 4.79 Å². The fourth-order valence-corrected chi connectivity index (χ4v) is 6.72. The summed E-state index contributed by atoms with van der Waals surface area (Å²) in [4.78, 5) is 17.0. The van der Waals surface area contributed by atoms with Gasteiger partial charge in [-0.1, -0.05) is 35.0 Å². The summed E-state index contributed by atoms with van der Waals surface area (Å²) in [6.45, 7) is 3.16. The van der Waals surface area contributed by atoms with Gasteiger partial charge in [-0.2, -0.15) is 9.29 Å². The summed E-state index contributed by atoms with van der Waals surface area (Å²) in [5.41, 5.74) is 2.88. The Labute approximate surface area is 197 Å². The van der Waals surface area contributed by atoms with Crippen LogP contribution in [0.1, 0.15) is 48.6 Å². The molecule has 33 heavy (non-hydrogen) atoms. The van der Waals surface area contributed by atoms with E-state index in [9.17, 15) is 13.2 Å². The van der Waals surface area contributed by atoms with Crippen LogP contribution < -0.4 is 5.32 Å². The van der Waals surface area contributed by atoms with Crippen LogP contribution in [0.3, 0.4) is 0 Å². The van der Waals surface area contributed by atoms with Gasteiger partial charge in [-0.25, -0.2) is 8.42 Å². The van der Waals surface area contributed by atoms with Gasteiger partial charge in [0.2, 0.25) is 17.6 Å². The molecule has 10 heteroatoms. The van der Waals surface area contributed by atoms with Gasteiger partial charge in [0.15, 0.2) is 0 Å². The number of nitrogens with zero attached hydrogens (tertiary/aromatic N) is 3. The van der Waals surface area contributed by atoms with E-state index in [0.717, 1.165) is 29.7 Å². The average molecular weight is 487 g/mol. The molecule has 0 unspecified atom stereocenters. The molecule has 1 aliphatic heterocycles. The number of amides is 1. The highest BCUT2D eigenvalue weighted by Crippen LogP contribution is 2.40. The first-order chi connectivity index (χ1) is 15.9. The van der Waals surface area contributed by atoms with E-state index < -0.39 is 10.0 Å². The number of piperidine rings is 1. The molecule has 0 spiro atoms. The van der Waals surface area contributed by atoms with Gasteiger partial charge in [0.1, 0.15) is 4.21 Å². The molecule has 1 aromatic carbocycles. The van der Waals surface area contributed by atoms with E-state index >= 15 is 0 Å². The van der Waals surface area contributed by atoms with Gasteiger partial charge in [-0.05, 0) is 44.2 Å². The van der Waals surface area contributed by atoms with Crippen molar-refractivity contribution in [2.75, 3.05) is 13.1 Å². The second kappa shape index (κ2) is 9.00. The van der Waals surface area contributed by atoms with Crippen molar-refractivity contribution in [2.24, 2.45) is 5.92 Å². The third-order valence-electron chi connectivity index (χ3n) is 6.21. The molecule has 174 valence electrons. The SMILES string of the molecule is Cc1ccc(CNC(=O)C2CCN(S(=O)(=O)c3cc(-c4noc(C5CC5)n4)cs3)CC2)cc1. The van der Waals surface area contributed by atoms with E-state index in [-0.39, 0.29) is 16.0 Å². The molecule has 1 amide bonds. The van der Waals surface area contributed by atoms with Crippen molar-refractivity contribution in [3.8, 4) is 11.4 Å². The second-order valence-corrected chi connectivity index (χ2v) is 11.8. The van der Waals surface area contributed by atoms with Crippen LogP contribution in [-0.2, 0) is 21.4 Å². The first-order valence-corrected chi connectivity index (χ1v) is 13.5. The average Bonchev–Trinajstić information content (AvgIpc) is 3.33. The number of aromatic nitrogens is 2. The zero-order chi connectivity index (χ0) is 23.0. The molecule has 5 rings (SSSR count). The quantitative estimate of drug-likeness (QED) is 0.546. The maximum atomic E-state index is 13.1. The zero-order valence-electron chi connectivity index (χ0n) is 18.4.